The van der Waals surface area contributed by atoms with Gasteiger partial charge < -0.3 is 4.74 Å². The van der Waals surface area contributed by atoms with Crippen LogP contribution in [0.1, 0.15) is 85.0 Å². The molecule has 6 atom stereocenters. The molecule has 0 N–H and O–H groups in total. The van der Waals surface area contributed by atoms with Gasteiger partial charge in [-0.1, -0.05) is 27.2 Å². The van der Waals surface area contributed by atoms with Crippen LogP contribution in [0.25, 0.3) is 0 Å². The summed E-state index contributed by atoms with van der Waals surface area (Å²) in [6.07, 6.45) is 9.43. The Hall–Kier alpha value is -0.180. The summed E-state index contributed by atoms with van der Waals surface area (Å²) in [4.78, 5) is 0. The van der Waals surface area contributed by atoms with Gasteiger partial charge in [0, 0.05) is 20.0 Å². The Bertz CT molecular complexity index is 451. The van der Waals surface area contributed by atoms with Gasteiger partial charge in [0.1, 0.15) is 0 Å². The van der Waals surface area contributed by atoms with Crippen LogP contribution >= 0.6 is 0 Å². The molecule has 0 spiro atoms. The highest BCUT2D eigenvalue weighted by molar-refractivity contribution is 5.05. The van der Waals surface area contributed by atoms with Crippen LogP contribution in [0.2, 0.25) is 0 Å². The predicted octanol–water partition coefficient (Wildman–Crippen LogP) is 6.46. The minimum absolute atomic E-state index is 0.108. The second-order valence-electron chi connectivity index (χ2n) is 9.62. The van der Waals surface area contributed by atoms with Crippen LogP contribution in [0.4, 0.5) is 8.78 Å². The lowest BCUT2D eigenvalue weighted by molar-refractivity contribution is -0.159. The maximum atomic E-state index is 13.9. The molecule has 3 heteroatoms. The third-order valence-corrected chi connectivity index (χ3v) is 8.18. The van der Waals surface area contributed by atoms with E-state index < -0.39 is 5.92 Å². The fourth-order valence-electron chi connectivity index (χ4n) is 6.73. The molecular formula is C21H36F2O. The second kappa shape index (κ2) is 6.52. The molecule has 1 nitrogen and oxygen atoms in total. The molecule has 24 heavy (non-hydrogen) atoms. The highest BCUT2D eigenvalue weighted by atomic mass is 19.3. The normalized spacial score (nSPS) is 46.0. The van der Waals surface area contributed by atoms with E-state index in [2.05, 4.69) is 20.8 Å². The van der Waals surface area contributed by atoms with Gasteiger partial charge in [-0.2, -0.15) is 0 Å². The molecule has 3 fully saturated rings. The van der Waals surface area contributed by atoms with E-state index >= 15 is 0 Å². The molecule has 3 aliphatic carbocycles. The quantitative estimate of drug-likeness (QED) is 0.569. The van der Waals surface area contributed by atoms with Crippen molar-refractivity contribution in [1.82, 2.24) is 0 Å². The molecule has 0 saturated heterocycles. The summed E-state index contributed by atoms with van der Waals surface area (Å²) in [6, 6.07) is 0. The van der Waals surface area contributed by atoms with Crippen LogP contribution in [0.15, 0.2) is 0 Å². The molecule has 0 aromatic heterocycles. The fraction of sp³-hybridized carbons (Fsp3) is 1.00. The molecule has 3 aliphatic rings. The Morgan fingerprint density at radius 1 is 1.04 bits per heavy atom. The van der Waals surface area contributed by atoms with Crippen LogP contribution in [-0.2, 0) is 4.74 Å². The lowest BCUT2D eigenvalue weighted by atomic mass is 9.47. The number of fused-ring (bicyclic) bond motifs is 3. The predicted molar refractivity (Wildman–Crippen MR) is 94.3 cm³/mol. The molecule has 0 heterocycles. The van der Waals surface area contributed by atoms with Crippen molar-refractivity contribution < 1.29 is 13.5 Å². The van der Waals surface area contributed by atoms with Crippen molar-refractivity contribution in [2.24, 2.45) is 28.6 Å². The van der Waals surface area contributed by atoms with Gasteiger partial charge in [0.15, 0.2) is 0 Å². The topological polar surface area (TPSA) is 9.23 Å². The van der Waals surface area contributed by atoms with Crippen molar-refractivity contribution in [2.75, 3.05) is 7.11 Å². The molecule has 0 bridgehead atoms. The van der Waals surface area contributed by atoms with E-state index in [1.54, 1.807) is 0 Å². The second-order valence-corrected chi connectivity index (χ2v) is 9.62. The zero-order valence-electron chi connectivity index (χ0n) is 16.0. The number of halogens is 2. The van der Waals surface area contributed by atoms with Crippen molar-refractivity contribution in [3.05, 3.63) is 0 Å². The van der Waals surface area contributed by atoms with Gasteiger partial charge in [0.05, 0.1) is 6.10 Å². The molecule has 0 radical (unpaired) electrons. The number of rotatable bonds is 4. The zero-order valence-corrected chi connectivity index (χ0v) is 16.0. The molecule has 0 unspecified atom stereocenters. The van der Waals surface area contributed by atoms with Crippen LogP contribution in [-0.4, -0.2) is 19.1 Å². The summed E-state index contributed by atoms with van der Waals surface area (Å²) in [5.74, 6) is -0.811. The molecule has 140 valence electrons. The van der Waals surface area contributed by atoms with E-state index in [-0.39, 0.29) is 29.6 Å². The van der Waals surface area contributed by atoms with Crippen LogP contribution in [0, 0.1) is 28.6 Å². The summed E-state index contributed by atoms with van der Waals surface area (Å²) < 4.78 is 33.7. The average molecular weight is 343 g/mol. The summed E-state index contributed by atoms with van der Waals surface area (Å²) in [6.45, 7) is 6.98. The molecule has 3 saturated carbocycles. The summed E-state index contributed by atoms with van der Waals surface area (Å²) >= 11 is 0. The van der Waals surface area contributed by atoms with Crippen molar-refractivity contribution in [3.63, 3.8) is 0 Å². The minimum atomic E-state index is -2.41. The lowest BCUT2D eigenvalue weighted by Gasteiger charge is -2.59. The van der Waals surface area contributed by atoms with Crippen LogP contribution in [0.5, 0.6) is 0 Å². The minimum Gasteiger partial charge on any atom is -0.381 e. The van der Waals surface area contributed by atoms with Crippen LogP contribution in [0.3, 0.4) is 0 Å². The third kappa shape index (κ3) is 3.15. The summed E-state index contributed by atoms with van der Waals surface area (Å²) in [5, 5.41) is 0. The average Bonchev–Trinajstić information content (AvgIpc) is 2.53. The third-order valence-electron chi connectivity index (χ3n) is 8.18. The van der Waals surface area contributed by atoms with Gasteiger partial charge in [0.2, 0.25) is 5.92 Å². The molecular weight excluding hydrogens is 306 g/mol. The number of hydrogen-bond acceptors (Lipinski definition) is 1. The van der Waals surface area contributed by atoms with E-state index in [9.17, 15) is 8.78 Å². The van der Waals surface area contributed by atoms with Crippen LogP contribution < -0.4 is 0 Å². The first kappa shape index (κ1) is 18.6. The van der Waals surface area contributed by atoms with E-state index in [1.165, 1.54) is 19.3 Å². The summed E-state index contributed by atoms with van der Waals surface area (Å²) in [5.41, 5.74) is 0.424. The van der Waals surface area contributed by atoms with E-state index in [0.717, 1.165) is 32.1 Å². The maximum absolute atomic E-state index is 13.9. The van der Waals surface area contributed by atoms with Gasteiger partial charge in [-0.15, -0.1) is 0 Å². The maximum Gasteiger partial charge on any atom is 0.248 e. The van der Waals surface area contributed by atoms with Gasteiger partial charge in [-0.25, -0.2) is 8.78 Å². The van der Waals surface area contributed by atoms with E-state index in [1.807, 2.05) is 7.11 Å². The SMILES string of the molecule is CCC[C@H](OC)[C@@]1(C)CC[C@H]2[C@@H](CC[C@H]3CC(F)(F)CC[C@@]32C)C1. The number of methoxy groups -OCH3 is 1. The molecule has 0 amide bonds. The molecule has 0 aliphatic heterocycles. The van der Waals surface area contributed by atoms with Crippen molar-refractivity contribution in [3.8, 4) is 0 Å². The standard InChI is InChI=1S/C21H36F2O/c1-5-6-18(24-4)19(2)10-9-17-15(13-19)7-8-16-14-21(22,23)12-11-20(16,17)3/h15-18H,5-14H2,1-4H3/t15-,16-,17-,18-,19-,20-/m0/s1. The monoisotopic (exact) mass is 342 g/mol. The highest BCUT2D eigenvalue weighted by Gasteiger charge is 2.57. The Morgan fingerprint density at radius 3 is 2.46 bits per heavy atom. The van der Waals surface area contributed by atoms with Gasteiger partial charge in [0.25, 0.3) is 0 Å². The number of hydrogen-bond donors (Lipinski definition) is 0. The van der Waals surface area contributed by atoms with Crippen molar-refractivity contribution in [2.45, 2.75) is 97.0 Å². The first-order valence-electron chi connectivity index (χ1n) is 10.1. The van der Waals surface area contributed by atoms with E-state index in [4.69, 9.17) is 4.74 Å². The Kier molecular flexibility index (Phi) is 5.06. The Balaban J connectivity index is 1.75. The van der Waals surface area contributed by atoms with Gasteiger partial charge in [-0.05, 0) is 73.5 Å². The van der Waals surface area contributed by atoms with E-state index in [0.29, 0.717) is 17.9 Å². The van der Waals surface area contributed by atoms with Crippen molar-refractivity contribution >= 4 is 0 Å². The highest BCUT2D eigenvalue weighted by Crippen LogP contribution is 2.63. The summed E-state index contributed by atoms with van der Waals surface area (Å²) in [7, 11) is 1.86. The largest absolute Gasteiger partial charge is 0.381 e. The Labute approximate surface area is 146 Å². The fourth-order valence-corrected chi connectivity index (χ4v) is 6.73. The molecule has 0 aromatic carbocycles. The zero-order chi connectivity index (χ0) is 17.6. The number of alkyl halides is 2. The molecule has 3 rings (SSSR count). The van der Waals surface area contributed by atoms with Crippen molar-refractivity contribution in [1.29, 1.82) is 0 Å². The first-order valence-corrected chi connectivity index (χ1v) is 10.1. The number of ether oxygens (including phenoxy) is 1. The van der Waals surface area contributed by atoms with Gasteiger partial charge >= 0.3 is 0 Å². The Morgan fingerprint density at radius 2 is 1.79 bits per heavy atom. The van der Waals surface area contributed by atoms with Gasteiger partial charge in [-0.3, -0.25) is 0 Å². The molecule has 0 aromatic rings. The first-order chi connectivity index (χ1) is 11.2. The lowest BCUT2D eigenvalue weighted by Crippen LogP contribution is -2.53. The smallest absolute Gasteiger partial charge is 0.248 e.